The van der Waals surface area contributed by atoms with Crippen molar-refractivity contribution in [3.63, 3.8) is 0 Å². The van der Waals surface area contributed by atoms with Crippen molar-refractivity contribution < 1.29 is 23.4 Å². The average Bonchev–Trinajstić information content (AvgIpc) is 2.81. The first-order chi connectivity index (χ1) is 16.2. The number of anilines is 1. The van der Waals surface area contributed by atoms with Gasteiger partial charge in [-0.3, -0.25) is 4.79 Å². The number of hydrogen-bond donors (Lipinski definition) is 2. The molecule has 0 aromatic heterocycles. The van der Waals surface area contributed by atoms with E-state index in [1.54, 1.807) is 31.3 Å². The van der Waals surface area contributed by atoms with Gasteiger partial charge in [0.2, 0.25) is 6.41 Å². The molecule has 2 N–H and O–H groups in total. The van der Waals surface area contributed by atoms with Gasteiger partial charge in [-0.1, -0.05) is 24.6 Å². The van der Waals surface area contributed by atoms with Crippen molar-refractivity contribution in [1.29, 1.82) is 0 Å². The largest absolute Gasteiger partial charge is 0.505 e. The Balaban J connectivity index is 1.94. The SMILES string of the molecule is CCc1ccc(OCCN(C)C=O)c(-c2cc(NSc3cc(C)cc(Cl)c3O)c(F)cc2F)c1. The van der Waals surface area contributed by atoms with Gasteiger partial charge in [-0.05, 0) is 66.8 Å². The number of halogens is 3. The maximum Gasteiger partial charge on any atom is 0.209 e. The Hall–Kier alpha value is -2.97. The summed E-state index contributed by atoms with van der Waals surface area (Å²) in [6.45, 7) is 4.37. The van der Waals surface area contributed by atoms with E-state index in [1.165, 1.54) is 11.0 Å². The van der Waals surface area contributed by atoms with E-state index < -0.39 is 11.6 Å². The number of nitrogens with one attached hydrogen (secondary N) is 1. The quantitative estimate of drug-likeness (QED) is 0.244. The molecule has 0 aliphatic carbocycles. The van der Waals surface area contributed by atoms with Crippen molar-refractivity contribution in [2.24, 2.45) is 0 Å². The number of aromatic hydroxyl groups is 1. The lowest BCUT2D eigenvalue weighted by molar-refractivity contribution is -0.117. The van der Waals surface area contributed by atoms with Crippen LogP contribution in [-0.4, -0.2) is 36.6 Å². The van der Waals surface area contributed by atoms with Crippen LogP contribution in [0.1, 0.15) is 18.1 Å². The first-order valence-corrected chi connectivity index (χ1v) is 11.8. The lowest BCUT2D eigenvalue weighted by Crippen LogP contribution is -2.22. The molecule has 9 heteroatoms. The molecule has 0 spiro atoms. The Morgan fingerprint density at radius 3 is 2.62 bits per heavy atom. The number of benzene rings is 3. The molecule has 5 nitrogen and oxygen atoms in total. The van der Waals surface area contributed by atoms with Gasteiger partial charge in [0.05, 0.1) is 22.2 Å². The summed E-state index contributed by atoms with van der Waals surface area (Å²) in [7, 11) is 1.63. The summed E-state index contributed by atoms with van der Waals surface area (Å²) in [5.41, 5.74) is 2.45. The third kappa shape index (κ3) is 6.12. The molecule has 0 fully saturated rings. The van der Waals surface area contributed by atoms with Crippen molar-refractivity contribution >= 4 is 35.6 Å². The van der Waals surface area contributed by atoms with E-state index in [1.807, 2.05) is 19.9 Å². The molecule has 0 saturated carbocycles. The van der Waals surface area contributed by atoms with Crippen LogP contribution in [0.4, 0.5) is 14.5 Å². The van der Waals surface area contributed by atoms with Crippen LogP contribution in [0.3, 0.4) is 0 Å². The Morgan fingerprint density at radius 1 is 1.15 bits per heavy atom. The van der Waals surface area contributed by atoms with Gasteiger partial charge in [0, 0.05) is 24.2 Å². The predicted octanol–water partition coefficient (Wildman–Crippen LogP) is 6.45. The summed E-state index contributed by atoms with van der Waals surface area (Å²) in [5.74, 6) is -1.23. The first-order valence-electron chi connectivity index (χ1n) is 10.6. The van der Waals surface area contributed by atoms with E-state index in [-0.39, 0.29) is 28.6 Å². The van der Waals surface area contributed by atoms with Gasteiger partial charge in [-0.15, -0.1) is 0 Å². The molecule has 0 saturated heterocycles. The fourth-order valence-corrected chi connectivity index (χ4v) is 4.37. The molecular weight excluding hydrogens is 482 g/mol. The molecule has 180 valence electrons. The highest BCUT2D eigenvalue weighted by molar-refractivity contribution is 8.00. The molecule has 34 heavy (non-hydrogen) atoms. The number of phenols is 1. The smallest absolute Gasteiger partial charge is 0.209 e. The highest BCUT2D eigenvalue weighted by atomic mass is 35.5. The summed E-state index contributed by atoms with van der Waals surface area (Å²) < 4.78 is 38.2. The number of rotatable bonds is 10. The first kappa shape index (κ1) is 25.6. The number of hydrogen-bond acceptors (Lipinski definition) is 5. The fraction of sp³-hybridized carbons (Fsp3) is 0.240. The Labute approximate surface area is 206 Å². The number of carbonyl (C=O) groups is 1. The zero-order valence-corrected chi connectivity index (χ0v) is 20.6. The van der Waals surface area contributed by atoms with Crippen molar-refractivity contribution in [1.82, 2.24) is 4.90 Å². The van der Waals surface area contributed by atoms with E-state index in [0.29, 0.717) is 29.2 Å². The number of aryl methyl sites for hydroxylation is 2. The van der Waals surface area contributed by atoms with Crippen LogP contribution in [0.2, 0.25) is 5.02 Å². The molecule has 0 atom stereocenters. The Bertz CT molecular complexity index is 1190. The van der Waals surface area contributed by atoms with Gasteiger partial charge < -0.3 is 19.5 Å². The summed E-state index contributed by atoms with van der Waals surface area (Å²) in [6.07, 6.45) is 1.41. The second-order valence-electron chi connectivity index (χ2n) is 7.73. The second-order valence-corrected chi connectivity index (χ2v) is 8.98. The molecule has 0 bridgehead atoms. The van der Waals surface area contributed by atoms with Gasteiger partial charge in [0.1, 0.15) is 29.7 Å². The minimum atomic E-state index is -0.784. The van der Waals surface area contributed by atoms with Crippen LogP contribution in [0.5, 0.6) is 11.5 Å². The zero-order chi connectivity index (χ0) is 24.8. The average molecular weight is 507 g/mol. The second kappa shape index (κ2) is 11.4. The topological polar surface area (TPSA) is 61.8 Å². The molecule has 0 unspecified atom stereocenters. The highest BCUT2D eigenvalue weighted by Gasteiger charge is 2.17. The maximum absolute atomic E-state index is 14.9. The Morgan fingerprint density at radius 2 is 1.91 bits per heavy atom. The van der Waals surface area contributed by atoms with E-state index in [4.69, 9.17) is 16.3 Å². The van der Waals surface area contributed by atoms with Crippen LogP contribution in [-0.2, 0) is 11.2 Å². The van der Waals surface area contributed by atoms with Crippen molar-refractivity contribution in [3.05, 3.63) is 70.2 Å². The minimum Gasteiger partial charge on any atom is -0.505 e. The number of carbonyl (C=O) groups excluding carboxylic acids is 1. The van der Waals surface area contributed by atoms with E-state index in [9.17, 15) is 18.7 Å². The van der Waals surface area contributed by atoms with Crippen LogP contribution in [0, 0.1) is 18.6 Å². The minimum absolute atomic E-state index is 0.0342. The fourth-order valence-electron chi connectivity index (χ4n) is 3.21. The van der Waals surface area contributed by atoms with Gasteiger partial charge in [0.15, 0.2) is 0 Å². The van der Waals surface area contributed by atoms with Crippen LogP contribution < -0.4 is 9.46 Å². The maximum atomic E-state index is 14.9. The number of phenolic OH excluding ortho intramolecular Hbond substituents is 1. The highest BCUT2D eigenvalue weighted by Crippen LogP contribution is 2.39. The number of amides is 1. The third-order valence-electron chi connectivity index (χ3n) is 5.12. The van der Waals surface area contributed by atoms with Gasteiger partial charge in [0.25, 0.3) is 0 Å². The summed E-state index contributed by atoms with van der Waals surface area (Å²) >= 11 is 6.99. The molecule has 0 radical (unpaired) electrons. The van der Waals surface area contributed by atoms with Crippen molar-refractivity contribution in [2.45, 2.75) is 25.2 Å². The van der Waals surface area contributed by atoms with Crippen molar-refractivity contribution in [3.8, 4) is 22.6 Å². The number of nitrogens with zero attached hydrogens (tertiary/aromatic N) is 1. The Kier molecular flexibility index (Phi) is 8.63. The van der Waals surface area contributed by atoms with E-state index in [0.717, 1.165) is 35.6 Å². The predicted molar refractivity (Wildman–Crippen MR) is 133 cm³/mol. The van der Waals surface area contributed by atoms with E-state index in [2.05, 4.69) is 4.72 Å². The molecule has 3 aromatic carbocycles. The summed E-state index contributed by atoms with van der Waals surface area (Å²) in [4.78, 5) is 12.7. The molecule has 3 rings (SSSR count). The van der Waals surface area contributed by atoms with Gasteiger partial charge >= 0.3 is 0 Å². The molecule has 3 aromatic rings. The van der Waals surface area contributed by atoms with Gasteiger partial charge in [-0.25, -0.2) is 8.78 Å². The summed E-state index contributed by atoms with van der Waals surface area (Å²) in [6, 6.07) is 10.9. The monoisotopic (exact) mass is 506 g/mol. The molecule has 0 heterocycles. The summed E-state index contributed by atoms with van der Waals surface area (Å²) in [5, 5.41) is 10.4. The van der Waals surface area contributed by atoms with E-state index >= 15 is 0 Å². The lowest BCUT2D eigenvalue weighted by Gasteiger charge is -2.17. The third-order valence-corrected chi connectivity index (χ3v) is 6.27. The number of ether oxygens (including phenoxy) is 1. The van der Waals surface area contributed by atoms with Crippen LogP contribution in [0.25, 0.3) is 11.1 Å². The van der Waals surface area contributed by atoms with Crippen LogP contribution >= 0.6 is 23.5 Å². The molecule has 1 amide bonds. The number of likely N-dealkylation sites (N-methyl/N-ethyl adjacent to an activating group) is 1. The molecule has 0 aliphatic heterocycles. The zero-order valence-electron chi connectivity index (χ0n) is 19.0. The molecular formula is C25H25ClF2N2O3S. The van der Waals surface area contributed by atoms with Crippen LogP contribution in [0.15, 0.2) is 47.4 Å². The van der Waals surface area contributed by atoms with Crippen molar-refractivity contribution in [2.75, 3.05) is 24.9 Å². The standard InChI is InChI=1S/C25H25ClF2N2O3S/c1-4-16-5-6-23(33-8-7-30(3)14-31)18(11-16)17-12-22(21(28)13-20(17)27)29-34-24-10-15(2)9-19(26)25(24)32/h5-6,9-14,29,32H,4,7-8H2,1-3H3. The lowest BCUT2D eigenvalue weighted by atomic mass is 9.99. The normalized spacial score (nSPS) is 10.8. The van der Waals surface area contributed by atoms with Gasteiger partial charge in [-0.2, -0.15) is 0 Å². The molecule has 0 aliphatic rings.